The quantitative estimate of drug-likeness (QED) is 0.781. The molecule has 1 amide bonds. The van der Waals surface area contributed by atoms with Gasteiger partial charge in [0.05, 0.1) is 6.54 Å². The number of rotatable bonds is 5. The van der Waals surface area contributed by atoms with Gasteiger partial charge in [-0.3, -0.25) is 4.79 Å². The van der Waals surface area contributed by atoms with Crippen LogP contribution in [0.1, 0.15) is 39.5 Å². The number of hydrogen-bond acceptors (Lipinski definition) is 2. The lowest BCUT2D eigenvalue weighted by atomic mass is 9.78. The molecule has 1 aliphatic rings. The van der Waals surface area contributed by atoms with Crippen LogP contribution in [0.3, 0.4) is 0 Å². The van der Waals surface area contributed by atoms with Crippen LogP contribution in [0.4, 0.5) is 0 Å². The molecule has 0 spiro atoms. The van der Waals surface area contributed by atoms with Gasteiger partial charge in [0.15, 0.2) is 0 Å². The first-order valence-corrected chi connectivity index (χ1v) is 5.97. The molecular formula is C12H25ClN2O. The van der Waals surface area contributed by atoms with E-state index in [4.69, 9.17) is 0 Å². The molecule has 3 nitrogen and oxygen atoms in total. The molecule has 0 aromatic rings. The highest BCUT2D eigenvalue weighted by molar-refractivity contribution is 5.85. The van der Waals surface area contributed by atoms with Crippen molar-refractivity contribution in [1.82, 2.24) is 10.6 Å². The molecule has 0 heterocycles. The Kier molecular flexibility index (Phi) is 7.00. The summed E-state index contributed by atoms with van der Waals surface area (Å²) in [5.74, 6) is 0.885. The molecule has 4 heteroatoms. The average molecular weight is 249 g/mol. The van der Waals surface area contributed by atoms with Crippen LogP contribution in [0.25, 0.3) is 0 Å². The summed E-state index contributed by atoms with van der Waals surface area (Å²) >= 11 is 0. The molecule has 0 atom stereocenters. The second-order valence-corrected chi connectivity index (χ2v) is 5.28. The first-order valence-electron chi connectivity index (χ1n) is 5.97. The van der Waals surface area contributed by atoms with Crippen LogP contribution in [-0.2, 0) is 4.79 Å². The summed E-state index contributed by atoms with van der Waals surface area (Å²) in [5, 5.41) is 5.86. The molecule has 0 aromatic carbocycles. The minimum absolute atomic E-state index is 0. The molecule has 0 saturated heterocycles. The molecular weight excluding hydrogens is 224 g/mol. The Hall–Kier alpha value is -0.280. The first-order chi connectivity index (χ1) is 7.06. The topological polar surface area (TPSA) is 41.1 Å². The van der Waals surface area contributed by atoms with E-state index in [2.05, 4.69) is 24.5 Å². The summed E-state index contributed by atoms with van der Waals surface area (Å²) < 4.78 is 0. The maximum absolute atomic E-state index is 11.3. The summed E-state index contributed by atoms with van der Waals surface area (Å²) in [6.07, 6.45) is 5.38. The molecule has 16 heavy (non-hydrogen) atoms. The second kappa shape index (κ2) is 7.13. The molecule has 0 bridgehead atoms. The van der Waals surface area contributed by atoms with E-state index in [1.54, 1.807) is 7.05 Å². The van der Waals surface area contributed by atoms with E-state index < -0.39 is 0 Å². The molecule has 1 aliphatic carbocycles. The Labute approximate surface area is 105 Å². The van der Waals surface area contributed by atoms with Crippen LogP contribution in [0, 0.1) is 11.3 Å². The lowest BCUT2D eigenvalue weighted by molar-refractivity contribution is -0.120. The van der Waals surface area contributed by atoms with Gasteiger partial charge in [-0.25, -0.2) is 0 Å². The van der Waals surface area contributed by atoms with Crippen molar-refractivity contribution < 1.29 is 4.79 Å². The summed E-state index contributed by atoms with van der Waals surface area (Å²) in [5.41, 5.74) is 0.250. The van der Waals surface area contributed by atoms with E-state index in [1.165, 1.54) is 25.7 Å². The van der Waals surface area contributed by atoms with E-state index in [-0.39, 0.29) is 23.7 Å². The average Bonchev–Trinajstić information content (AvgIpc) is 2.69. The third-order valence-electron chi connectivity index (χ3n) is 3.54. The van der Waals surface area contributed by atoms with Gasteiger partial charge in [-0.05, 0) is 31.2 Å². The smallest absolute Gasteiger partial charge is 0.233 e. The Morgan fingerprint density at radius 3 is 2.38 bits per heavy atom. The number of carbonyl (C=O) groups excluding carboxylic acids is 1. The fraction of sp³-hybridized carbons (Fsp3) is 0.917. The van der Waals surface area contributed by atoms with Gasteiger partial charge in [-0.1, -0.05) is 26.7 Å². The third-order valence-corrected chi connectivity index (χ3v) is 3.54. The minimum Gasteiger partial charge on any atom is -0.354 e. The number of hydrogen-bond donors (Lipinski definition) is 2. The number of carbonyl (C=O) groups is 1. The zero-order chi connectivity index (χ0) is 11.3. The Morgan fingerprint density at radius 1 is 1.31 bits per heavy atom. The highest BCUT2D eigenvalue weighted by atomic mass is 35.5. The number of halogens is 1. The molecule has 0 aliphatic heterocycles. The van der Waals surface area contributed by atoms with Gasteiger partial charge in [-0.15, -0.1) is 12.4 Å². The standard InChI is InChI=1S/C12H24N2O.ClH/c1-12(2,10-6-4-5-7-10)9-14-11(15)8-13-3;/h10,13H,4-9H2,1-3H3,(H,14,15);1H. The molecule has 0 aromatic heterocycles. The van der Waals surface area contributed by atoms with Gasteiger partial charge in [0.2, 0.25) is 5.91 Å². The highest BCUT2D eigenvalue weighted by Crippen LogP contribution is 2.38. The maximum atomic E-state index is 11.3. The third kappa shape index (κ3) is 4.71. The van der Waals surface area contributed by atoms with E-state index in [1.807, 2.05) is 0 Å². The van der Waals surface area contributed by atoms with E-state index in [0.717, 1.165) is 12.5 Å². The normalized spacial score (nSPS) is 16.9. The Balaban J connectivity index is 0.00000225. The highest BCUT2D eigenvalue weighted by Gasteiger charge is 2.31. The van der Waals surface area contributed by atoms with Crippen LogP contribution in [-0.4, -0.2) is 26.0 Å². The molecule has 1 rings (SSSR count). The van der Waals surface area contributed by atoms with E-state index >= 15 is 0 Å². The zero-order valence-electron chi connectivity index (χ0n) is 10.6. The van der Waals surface area contributed by atoms with Gasteiger partial charge in [0.25, 0.3) is 0 Å². The predicted octanol–water partition coefficient (Wildman–Crippen LogP) is 1.96. The van der Waals surface area contributed by atoms with E-state index in [9.17, 15) is 4.79 Å². The van der Waals surface area contributed by atoms with Crippen LogP contribution in [0.2, 0.25) is 0 Å². The second-order valence-electron chi connectivity index (χ2n) is 5.28. The molecule has 96 valence electrons. The van der Waals surface area contributed by atoms with Crippen molar-refractivity contribution in [2.75, 3.05) is 20.1 Å². The fourth-order valence-electron chi connectivity index (χ4n) is 2.40. The first kappa shape index (κ1) is 15.7. The van der Waals surface area contributed by atoms with Crippen LogP contribution in [0.5, 0.6) is 0 Å². The lowest BCUT2D eigenvalue weighted by Gasteiger charge is -2.31. The molecule has 1 fully saturated rings. The van der Waals surface area contributed by atoms with Crippen LogP contribution < -0.4 is 10.6 Å². The summed E-state index contributed by atoms with van der Waals surface area (Å²) in [4.78, 5) is 11.3. The summed E-state index contributed by atoms with van der Waals surface area (Å²) in [7, 11) is 1.79. The van der Waals surface area contributed by atoms with Gasteiger partial charge in [0.1, 0.15) is 0 Å². The molecule has 2 N–H and O–H groups in total. The maximum Gasteiger partial charge on any atom is 0.233 e. The summed E-state index contributed by atoms with van der Waals surface area (Å²) in [6.45, 7) is 5.75. The van der Waals surface area contributed by atoms with Crippen molar-refractivity contribution in [3.05, 3.63) is 0 Å². The lowest BCUT2D eigenvalue weighted by Crippen LogP contribution is -2.40. The fourth-order valence-corrected chi connectivity index (χ4v) is 2.40. The SMILES string of the molecule is CNCC(=O)NCC(C)(C)C1CCCC1.Cl. The zero-order valence-corrected chi connectivity index (χ0v) is 11.5. The summed E-state index contributed by atoms with van der Waals surface area (Å²) in [6, 6.07) is 0. The number of likely N-dealkylation sites (N-methyl/N-ethyl adjacent to an activating group) is 1. The van der Waals surface area contributed by atoms with Crippen LogP contribution >= 0.6 is 12.4 Å². The van der Waals surface area contributed by atoms with Crippen LogP contribution in [0.15, 0.2) is 0 Å². The van der Waals surface area contributed by atoms with E-state index in [0.29, 0.717) is 6.54 Å². The van der Waals surface area contributed by atoms with Crippen molar-refractivity contribution in [2.45, 2.75) is 39.5 Å². The van der Waals surface area contributed by atoms with Crippen molar-refractivity contribution in [3.63, 3.8) is 0 Å². The van der Waals surface area contributed by atoms with Gasteiger partial charge >= 0.3 is 0 Å². The monoisotopic (exact) mass is 248 g/mol. The van der Waals surface area contributed by atoms with Crippen molar-refractivity contribution in [1.29, 1.82) is 0 Å². The molecule has 0 unspecified atom stereocenters. The number of amides is 1. The molecule has 0 radical (unpaired) electrons. The van der Waals surface area contributed by atoms with Crippen molar-refractivity contribution in [2.24, 2.45) is 11.3 Å². The number of nitrogens with one attached hydrogen (secondary N) is 2. The largest absolute Gasteiger partial charge is 0.354 e. The van der Waals surface area contributed by atoms with Crippen molar-refractivity contribution >= 4 is 18.3 Å². The molecule has 1 saturated carbocycles. The van der Waals surface area contributed by atoms with Gasteiger partial charge in [-0.2, -0.15) is 0 Å². The van der Waals surface area contributed by atoms with Gasteiger partial charge < -0.3 is 10.6 Å². The predicted molar refractivity (Wildman–Crippen MR) is 69.9 cm³/mol. The van der Waals surface area contributed by atoms with Gasteiger partial charge in [0, 0.05) is 6.54 Å². The van der Waals surface area contributed by atoms with Crippen molar-refractivity contribution in [3.8, 4) is 0 Å². The Bertz CT molecular complexity index is 213. The minimum atomic E-state index is 0. The Morgan fingerprint density at radius 2 is 1.88 bits per heavy atom.